The minimum atomic E-state index is -1.33. The number of amides is 1. The number of anilines is 2. The van der Waals surface area contributed by atoms with Gasteiger partial charge in [-0.2, -0.15) is 10.1 Å². The molecule has 1 aliphatic rings. The number of hydrazone groups is 1. The zero-order chi connectivity index (χ0) is 26.1. The summed E-state index contributed by atoms with van der Waals surface area (Å²) in [6.45, 7) is 10.4. The van der Waals surface area contributed by atoms with Crippen molar-refractivity contribution >= 4 is 40.9 Å². The normalized spacial score (nSPS) is 14.6. The predicted octanol–water partition coefficient (Wildman–Crippen LogP) is 1.10. The van der Waals surface area contributed by atoms with E-state index in [9.17, 15) is 14.7 Å². The van der Waals surface area contributed by atoms with Crippen molar-refractivity contribution in [3.8, 4) is 0 Å². The van der Waals surface area contributed by atoms with Crippen LogP contribution in [0.15, 0.2) is 71.0 Å². The molecule has 188 valence electrons. The summed E-state index contributed by atoms with van der Waals surface area (Å²) in [5.74, 6) is -1.06. The van der Waals surface area contributed by atoms with Crippen LogP contribution in [-0.2, 0) is 4.79 Å². The van der Waals surface area contributed by atoms with E-state index in [1.807, 2.05) is 12.2 Å². The number of benzene rings is 1. The van der Waals surface area contributed by atoms with E-state index in [1.54, 1.807) is 12.3 Å². The number of aromatic nitrogens is 1. The Kier molecular flexibility index (Phi) is 12.6. The molecular weight excluding hydrogens is 493 g/mol. The van der Waals surface area contributed by atoms with Gasteiger partial charge in [0.1, 0.15) is 0 Å². The summed E-state index contributed by atoms with van der Waals surface area (Å²) in [6.07, 6.45) is 9.79. The Hall–Kier alpha value is -2.43. The Morgan fingerprint density at radius 1 is 1.11 bits per heavy atom. The first-order valence-corrected chi connectivity index (χ1v) is 12.2. The second kappa shape index (κ2) is 15.1. The van der Waals surface area contributed by atoms with Gasteiger partial charge in [0.2, 0.25) is 0 Å². The molecule has 0 N–H and O–H groups in total. The van der Waals surface area contributed by atoms with Crippen LogP contribution in [0.1, 0.15) is 56.5 Å². The fraction of sp³-hybridized carbons (Fsp3) is 0.321. The number of aliphatic imine (C=N–C) groups is 1. The van der Waals surface area contributed by atoms with E-state index in [0.29, 0.717) is 18.1 Å². The third-order valence-corrected chi connectivity index (χ3v) is 5.76. The van der Waals surface area contributed by atoms with Crippen LogP contribution in [0.4, 0.5) is 11.5 Å². The molecule has 0 aliphatic carbocycles. The van der Waals surface area contributed by atoms with Crippen LogP contribution in [0.5, 0.6) is 0 Å². The SMILES string of the molecule is CCN(CC)c1ccc(/C=C/C=C/N=C2C(=O)N(c3ccc(C(=O)[O-])cn3)N=C2CCC(C)C)cc1.[K+]. The predicted molar refractivity (Wildman–Crippen MR) is 143 cm³/mol. The van der Waals surface area contributed by atoms with Gasteiger partial charge in [-0.15, -0.1) is 0 Å². The molecule has 2 aromatic rings. The quantitative estimate of drug-likeness (QED) is 0.323. The van der Waals surface area contributed by atoms with Crippen molar-refractivity contribution in [3.05, 3.63) is 72.1 Å². The summed E-state index contributed by atoms with van der Waals surface area (Å²) in [5.41, 5.74) is 3.03. The smallest absolute Gasteiger partial charge is 0.545 e. The Morgan fingerprint density at radius 3 is 2.38 bits per heavy atom. The Morgan fingerprint density at radius 2 is 1.81 bits per heavy atom. The molecule has 0 saturated carbocycles. The molecule has 8 nitrogen and oxygen atoms in total. The van der Waals surface area contributed by atoms with Crippen LogP contribution in [0.3, 0.4) is 0 Å². The van der Waals surface area contributed by atoms with Gasteiger partial charge in [-0.25, -0.2) is 9.98 Å². The second-order valence-electron chi connectivity index (χ2n) is 8.73. The average Bonchev–Trinajstić information content (AvgIpc) is 3.19. The van der Waals surface area contributed by atoms with Crippen LogP contribution in [-0.4, -0.2) is 41.4 Å². The Labute approximate surface area is 261 Å². The fourth-order valence-corrected chi connectivity index (χ4v) is 3.67. The number of rotatable bonds is 11. The van der Waals surface area contributed by atoms with Crippen LogP contribution < -0.4 is 66.4 Å². The van der Waals surface area contributed by atoms with E-state index < -0.39 is 11.9 Å². The largest absolute Gasteiger partial charge is 1.00 e. The number of nitrogens with zero attached hydrogens (tertiary/aromatic N) is 5. The van der Waals surface area contributed by atoms with Gasteiger partial charge in [0, 0.05) is 36.7 Å². The summed E-state index contributed by atoms with van der Waals surface area (Å²) in [6, 6.07) is 11.1. The first-order chi connectivity index (χ1) is 17.3. The van der Waals surface area contributed by atoms with Crippen molar-refractivity contribution in [2.45, 2.75) is 40.5 Å². The van der Waals surface area contributed by atoms with Gasteiger partial charge in [-0.3, -0.25) is 4.79 Å². The maximum absolute atomic E-state index is 13.1. The van der Waals surface area contributed by atoms with Gasteiger partial charge >= 0.3 is 57.3 Å². The molecule has 0 fully saturated rings. The monoisotopic (exact) mass is 525 g/mol. The van der Waals surface area contributed by atoms with Gasteiger partial charge in [-0.05, 0) is 68.5 Å². The van der Waals surface area contributed by atoms with E-state index in [2.05, 4.69) is 71.9 Å². The molecule has 0 saturated heterocycles. The first-order valence-electron chi connectivity index (χ1n) is 12.2. The summed E-state index contributed by atoms with van der Waals surface area (Å²) in [7, 11) is 0. The molecule has 0 bridgehead atoms. The zero-order valence-corrected chi connectivity index (χ0v) is 25.3. The van der Waals surface area contributed by atoms with E-state index in [0.717, 1.165) is 36.3 Å². The van der Waals surface area contributed by atoms with Gasteiger partial charge in [0.05, 0.1) is 11.7 Å². The number of aromatic carboxylic acids is 1. The standard InChI is InChI=1S/C28H33N5O3.K/c1-5-32(6-2)23-14-11-21(12-15-23)9-7-8-18-29-26-24(16-10-20(3)4)31-33(27(26)34)25-17-13-22(19-30-25)28(35)36;/h7-9,11-15,17-20H,5-6,10,16H2,1-4H3,(H,35,36);/q;+1/p-1/b9-7+,18-8+,29-26?;. The van der Waals surface area contributed by atoms with E-state index in [-0.39, 0.29) is 68.5 Å². The van der Waals surface area contributed by atoms with Crippen molar-refractivity contribution in [2.24, 2.45) is 16.0 Å². The van der Waals surface area contributed by atoms with Crippen molar-refractivity contribution < 1.29 is 66.1 Å². The van der Waals surface area contributed by atoms with Crippen LogP contribution in [0.2, 0.25) is 0 Å². The number of pyridine rings is 1. The number of carbonyl (C=O) groups excluding carboxylic acids is 2. The van der Waals surface area contributed by atoms with Crippen LogP contribution >= 0.6 is 0 Å². The second-order valence-corrected chi connectivity index (χ2v) is 8.73. The number of carboxylic acid groups (broad SMARTS) is 1. The molecule has 1 amide bonds. The third-order valence-electron chi connectivity index (χ3n) is 5.76. The number of hydrogen-bond acceptors (Lipinski definition) is 7. The fourth-order valence-electron chi connectivity index (χ4n) is 3.67. The summed E-state index contributed by atoms with van der Waals surface area (Å²) < 4.78 is 0. The molecule has 1 aromatic heterocycles. The van der Waals surface area contributed by atoms with Crippen LogP contribution in [0.25, 0.3) is 6.08 Å². The summed E-state index contributed by atoms with van der Waals surface area (Å²) in [5, 5.41) is 16.6. The molecule has 0 spiro atoms. The van der Waals surface area contributed by atoms with Gasteiger partial charge in [0.15, 0.2) is 11.5 Å². The molecule has 0 atom stereocenters. The Bertz CT molecular complexity index is 1180. The maximum atomic E-state index is 13.1. The van der Waals surface area contributed by atoms with Gasteiger partial charge < -0.3 is 14.8 Å². The molecule has 2 heterocycles. The average molecular weight is 526 g/mol. The van der Waals surface area contributed by atoms with Crippen molar-refractivity contribution in [1.82, 2.24) is 4.98 Å². The van der Waals surface area contributed by atoms with Crippen LogP contribution in [0, 0.1) is 5.92 Å². The van der Waals surface area contributed by atoms with Crippen molar-refractivity contribution in [3.63, 3.8) is 0 Å². The zero-order valence-electron chi connectivity index (χ0n) is 22.2. The van der Waals surface area contributed by atoms with Crippen molar-refractivity contribution in [2.75, 3.05) is 23.0 Å². The topological polar surface area (TPSA) is 101 Å². The van der Waals surface area contributed by atoms with E-state index >= 15 is 0 Å². The summed E-state index contributed by atoms with van der Waals surface area (Å²) in [4.78, 5) is 34.8. The molecular formula is C28H32KN5O3. The molecule has 1 aliphatic heterocycles. The van der Waals surface area contributed by atoms with Gasteiger partial charge in [-0.1, -0.05) is 38.1 Å². The van der Waals surface area contributed by atoms with E-state index in [4.69, 9.17) is 0 Å². The molecule has 0 unspecified atom stereocenters. The molecule has 1 aromatic carbocycles. The maximum Gasteiger partial charge on any atom is 1.00 e. The number of hydrogen-bond donors (Lipinski definition) is 0. The van der Waals surface area contributed by atoms with Gasteiger partial charge in [0.25, 0.3) is 0 Å². The van der Waals surface area contributed by atoms with E-state index in [1.165, 1.54) is 17.8 Å². The minimum absolute atomic E-state index is 0. The number of carbonyl (C=O) groups is 2. The Balaban J connectivity index is 0.00000481. The molecule has 3 rings (SSSR count). The number of allylic oxidation sites excluding steroid dienone is 2. The molecule has 9 heteroatoms. The third kappa shape index (κ3) is 8.54. The van der Waals surface area contributed by atoms with Crippen molar-refractivity contribution in [1.29, 1.82) is 0 Å². The first kappa shape index (κ1) is 30.8. The molecule has 37 heavy (non-hydrogen) atoms. The summed E-state index contributed by atoms with van der Waals surface area (Å²) >= 11 is 0. The molecule has 0 radical (unpaired) electrons. The number of carboxylic acids is 1. The minimum Gasteiger partial charge on any atom is -0.545 e.